The summed E-state index contributed by atoms with van der Waals surface area (Å²) in [6.07, 6.45) is 1.31. The van der Waals surface area contributed by atoms with Crippen molar-refractivity contribution in [3.63, 3.8) is 0 Å². The van der Waals surface area contributed by atoms with E-state index in [-0.39, 0.29) is 24.1 Å². The van der Waals surface area contributed by atoms with Gasteiger partial charge in [-0.05, 0) is 6.42 Å². The molecular formula is C21H28N6O6. The molecule has 0 spiro atoms. The molecule has 33 heavy (non-hydrogen) atoms. The van der Waals surface area contributed by atoms with Crippen LogP contribution >= 0.6 is 0 Å². The van der Waals surface area contributed by atoms with Crippen LogP contribution in [0.25, 0.3) is 0 Å². The summed E-state index contributed by atoms with van der Waals surface area (Å²) >= 11 is 0. The Bertz CT molecular complexity index is 1040. The lowest BCUT2D eigenvalue weighted by Crippen LogP contribution is -2.39. The number of hydrogen-bond acceptors (Lipinski definition) is 7. The maximum Gasteiger partial charge on any atom is 0.277 e. The van der Waals surface area contributed by atoms with Gasteiger partial charge in [0, 0.05) is 37.2 Å². The van der Waals surface area contributed by atoms with E-state index in [0.717, 1.165) is 30.3 Å². The van der Waals surface area contributed by atoms with Crippen LogP contribution in [0.1, 0.15) is 56.6 Å². The molecule has 1 heterocycles. The molecule has 2 aromatic rings. The summed E-state index contributed by atoms with van der Waals surface area (Å²) in [6.45, 7) is 7.76. The molecule has 0 aliphatic carbocycles. The van der Waals surface area contributed by atoms with Gasteiger partial charge in [-0.15, -0.1) is 0 Å². The number of nitrogens with one attached hydrogen (secondary N) is 1. The molecule has 1 aromatic heterocycles. The Morgan fingerprint density at radius 2 is 1.67 bits per heavy atom. The SMILES string of the molecule is CCCCN(CC(=O)Nc1cc(C(C)(C)C)nn1C)C(=O)c1cc([N+](=O)[O-])cc([N+](=O)[O-])c1. The van der Waals surface area contributed by atoms with Crippen LogP contribution in [0.5, 0.6) is 0 Å². The number of carbonyl (C=O) groups is 2. The minimum absolute atomic E-state index is 0.206. The van der Waals surface area contributed by atoms with E-state index in [1.54, 1.807) is 13.1 Å². The van der Waals surface area contributed by atoms with E-state index in [0.29, 0.717) is 12.2 Å². The molecule has 0 fully saturated rings. The van der Waals surface area contributed by atoms with E-state index in [9.17, 15) is 29.8 Å². The molecule has 178 valence electrons. The molecule has 0 aliphatic rings. The third-order valence-corrected chi connectivity index (χ3v) is 4.89. The van der Waals surface area contributed by atoms with Gasteiger partial charge >= 0.3 is 0 Å². The first kappa shape index (κ1) is 25.4. The number of nitro groups is 2. The Balaban J connectivity index is 2.28. The van der Waals surface area contributed by atoms with Crippen molar-refractivity contribution in [3.8, 4) is 0 Å². The largest absolute Gasteiger partial charge is 0.329 e. The molecule has 2 amide bonds. The molecule has 0 radical (unpaired) electrons. The van der Waals surface area contributed by atoms with E-state index in [4.69, 9.17) is 0 Å². The van der Waals surface area contributed by atoms with E-state index in [1.807, 2.05) is 27.7 Å². The van der Waals surface area contributed by atoms with Crippen LogP contribution in [0.3, 0.4) is 0 Å². The van der Waals surface area contributed by atoms with Gasteiger partial charge in [0.1, 0.15) is 12.4 Å². The molecule has 12 nitrogen and oxygen atoms in total. The van der Waals surface area contributed by atoms with E-state index in [1.165, 1.54) is 9.58 Å². The number of anilines is 1. The van der Waals surface area contributed by atoms with E-state index in [2.05, 4.69) is 10.4 Å². The molecule has 2 rings (SSSR count). The van der Waals surface area contributed by atoms with Gasteiger partial charge in [0.25, 0.3) is 17.3 Å². The molecule has 0 saturated heterocycles. The van der Waals surface area contributed by atoms with Crippen molar-refractivity contribution < 1.29 is 19.4 Å². The topological polar surface area (TPSA) is 154 Å². The number of non-ortho nitro benzene ring substituents is 2. The second-order valence-corrected chi connectivity index (χ2v) is 8.67. The zero-order valence-corrected chi connectivity index (χ0v) is 19.3. The Kier molecular flexibility index (Phi) is 7.85. The molecule has 12 heteroatoms. The van der Waals surface area contributed by atoms with Gasteiger partial charge < -0.3 is 10.2 Å². The predicted octanol–water partition coefficient (Wildman–Crippen LogP) is 3.42. The number of aromatic nitrogens is 2. The number of nitro benzene ring substituents is 2. The predicted molar refractivity (Wildman–Crippen MR) is 121 cm³/mol. The maximum atomic E-state index is 13.1. The normalized spacial score (nSPS) is 11.2. The third-order valence-electron chi connectivity index (χ3n) is 4.89. The average molecular weight is 460 g/mol. The molecular weight excluding hydrogens is 432 g/mol. The van der Waals surface area contributed by atoms with Crippen molar-refractivity contribution in [1.29, 1.82) is 0 Å². The number of unbranched alkanes of at least 4 members (excludes halogenated alkanes) is 1. The van der Waals surface area contributed by atoms with Crippen molar-refractivity contribution in [3.05, 3.63) is 55.8 Å². The Hall–Kier alpha value is -3.83. The lowest BCUT2D eigenvalue weighted by molar-refractivity contribution is -0.394. The first-order valence-electron chi connectivity index (χ1n) is 10.4. The highest BCUT2D eigenvalue weighted by Gasteiger charge is 2.25. The smallest absolute Gasteiger partial charge is 0.277 e. The fourth-order valence-electron chi connectivity index (χ4n) is 3.02. The summed E-state index contributed by atoms with van der Waals surface area (Å²) in [5.41, 5.74) is -0.812. The van der Waals surface area contributed by atoms with E-state index < -0.39 is 33.0 Å². The van der Waals surface area contributed by atoms with Gasteiger partial charge in [-0.1, -0.05) is 34.1 Å². The van der Waals surface area contributed by atoms with Crippen LogP contribution in [-0.4, -0.2) is 49.4 Å². The fraction of sp³-hybridized carbons (Fsp3) is 0.476. The average Bonchev–Trinajstić information content (AvgIpc) is 3.10. The Morgan fingerprint density at radius 1 is 1.09 bits per heavy atom. The lowest BCUT2D eigenvalue weighted by Gasteiger charge is -2.22. The molecule has 0 bridgehead atoms. The minimum Gasteiger partial charge on any atom is -0.329 e. The lowest BCUT2D eigenvalue weighted by atomic mass is 9.92. The van der Waals surface area contributed by atoms with Gasteiger partial charge in [0.15, 0.2) is 0 Å². The number of rotatable bonds is 9. The van der Waals surface area contributed by atoms with Crippen LogP contribution in [-0.2, 0) is 17.3 Å². The highest BCUT2D eigenvalue weighted by atomic mass is 16.6. The number of carbonyl (C=O) groups excluding carboxylic acids is 2. The fourth-order valence-corrected chi connectivity index (χ4v) is 3.02. The maximum absolute atomic E-state index is 13.1. The molecule has 0 atom stereocenters. The van der Waals surface area contributed by atoms with Crippen LogP contribution in [0.4, 0.5) is 17.2 Å². The second-order valence-electron chi connectivity index (χ2n) is 8.67. The molecule has 0 unspecified atom stereocenters. The van der Waals surface area contributed by atoms with Crippen LogP contribution in [0, 0.1) is 20.2 Å². The summed E-state index contributed by atoms with van der Waals surface area (Å²) in [4.78, 5) is 47.7. The van der Waals surface area contributed by atoms with Crippen molar-refractivity contribution in [2.45, 2.75) is 46.0 Å². The number of hydrogen-bond donors (Lipinski definition) is 1. The Morgan fingerprint density at radius 3 is 2.12 bits per heavy atom. The summed E-state index contributed by atoms with van der Waals surface area (Å²) < 4.78 is 1.53. The van der Waals surface area contributed by atoms with Crippen molar-refractivity contribution in [2.24, 2.45) is 7.05 Å². The molecule has 1 N–H and O–H groups in total. The van der Waals surface area contributed by atoms with Crippen molar-refractivity contribution in [1.82, 2.24) is 14.7 Å². The first-order chi connectivity index (χ1) is 15.3. The molecule has 0 saturated carbocycles. The van der Waals surface area contributed by atoms with Crippen LogP contribution in [0.15, 0.2) is 24.3 Å². The standard InChI is InChI=1S/C21H28N6O6/c1-6-7-8-25(13-19(28)22-18-12-17(21(2,3)4)23-24(18)5)20(29)14-9-15(26(30)31)11-16(10-14)27(32)33/h9-12H,6-8,13H2,1-5H3,(H,22,28). The zero-order chi connectivity index (χ0) is 24.9. The van der Waals surface area contributed by atoms with Crippen molar-refractivity contribution >= 4 is 29.0 Å². The monoisotopic (exact) mass is 460 g/mol. The number of aryl methyl sites for hydroxylation is 1. The van der Waals surface area contributed by atoms with E-state index >= 15 is 0 Å². The summed E-state index contributed by atoms with van der Waals surface area (Å²) in [7, 11) is 1.69. The quantitative estimate of drug-likeness (QED) is 0.444. The molecule has 0 aliphatic heterocycles. The van der Waals surface area contributed by atoms with Crippen LogP contribution < -0.4 is 5.32 Å². The highest BCUT2D eigenvalue weighted by molar-refractivity contribution is 6.00. The van der Waals surface area contributed by atoms with Gasteiger partial charge in [-0.25, -0.2) is 0 Å². The summed E-state index contributed by atoms with van der Waals surface area (Å²) in [6, 6.07) is 4.49. The molecule has 1 aromatic carbocycles. The van der Waals surface area contributed by atoms with Gasteiger partial charge in [-0.3, -0.25) is 34.5 Å². The summed E-state index contributed by atoms with van der Waals surface area (Å²) in [5.74, 6) is -0.729. The van der Waals surface area contributed by atoms with Gasteiger partial charge in [0.05, 0.1) is 27.2 Å². The van der Waals surface area contributed by atoms with Crippen LogP contribution in [0.2, 0.25) is 0 Å². The highest BCUT2D eigenvalue weighted by Crippen LogP contribution is 2.25. The van der Waals surface area contributed by atoms with Gasteiger partial charge in [0.2, 0.25) is 5.91 Å². The second kappa shape index (κ2) is 10.2. The Labute approximate surface area is 190 Å². The summed E-state index contributed by atoms with van der Waals surface area (Å²) in [5, 5.41) is 29.4. The number of amides is 2. The zero-order valence-electron chi connectivity index (χ0n) is 19.3. The number of benzene rings is 1. The number of nitrogens with zero attached hydrogens (tertiary/aromatic N) is 5. The van der Waals surface area contributed by atoms with Crippen molar-refractivity contribution in [2.75, 3.05) is 18.4 Å². The first-order valence-corrected chi connectivity index (χ1v) is 10.4. The van der Waals surface area contributed by atoms with Gasteiger partial charge in [-0.2, -0.15) is 5.10 Å². The minimum atomic E-state index is -0.803. The third kappa shape index (κ3) is 6.57.